The Morgan fingerprint density at radius 2 is 1.85 bits per heavy atom. The predicted molar refractivity (Wildman–Crippen MR) is 124 cm³/mol. The molecule has 7 nitrogen and oxygen atoms in total. The van der Waals surface area contributed by atoms with E-state index in [1.54, 1.807) is 18.1 Å². The molecule has 176 valence electrons. The standard InChI is InChI=1S/C24H22F3N5O2/c1-30-7-8-32(22(33)13-30)15-4-6-19-17(10-15)20(11-28-19)29-23(34)18-12-31(2)21-9-14(24(25,26)27)3-5-16(18)21/h3-6,9-12,28H,7-8,13H2,1-2H3,(H,29,34). The molecule has 3 heterocycles. The molecule has 0 bridgehead atoms. The largest absolute Gasteiger partial charge is 0.416 e. The smallest absolute Gasteiger partial charge is 0.359 e. The SMILES string of the molecule is CN1CCN(c2ccc3[nH]cc(NC(=O)c4cn(C)c5cc(C(F)(F)F)ccc45)c3c2)C(=O)C1. The van der Waals surface area contributed by atoms with Crippen LogP contribution in [-0.4, -0.2) is 52.9 Å². The van der Waals surface area contributed by atoms with Gasteiger partial charge in [0.2, 0.25) is 5.91 Å². The van der Waals surface area contributed by atoms with Gasteiger partial charge in [0.05, 0.1) is 23.4 Å². The second-order valence-corrected chi connectivity index (χ2v) is 8.55. The minimum atomic E-state index is -4.46. The summed E-state index contributed by atoms with van der Waals surface area (Å²) in [4.78, 5) is 32.4. The van der Waals surface area contributed by atoms with Crippen LogP contribution in [0.25, 0.3) is 21.8 Å². The number of aromatic nitrogens is 2. The number of benzene rings is 2. The van der Waals surface area contributed by atoms with Crippen molar-refractivity contribution >= 4 is 45.0 Å². The average molecular weight is 469 g/mol. The Hall–Kier alpha value is -3.79. The quantitative estimate of drug-likeness (QED) is 0.472. The summed E-state index contributed by atoms with van der Waals surface area (Å²) in [7, 11) is 3.50. The summed E-state index contributed by atoms with van der Waals surface area (Å²) in [5.74, 6) is -0.435. The number of hydrogen-bond donors (Lipinski definition) is 2. The number of alkyl halides is 3. The van der Waals surface area contributed by atoms with E-state index in [2.05, 4.69) is 10.3 Å². The van der Waals surface area contributed by atoms with Crippen LogP contribution in [-0.2, 0) is 18.0 Å². The van der Waals surface area contributed by atoms with Crippen LogP contribution < -0.4 is 10.2 Å². The summed E-state index contributed by atoms with van der Waals surface area (Å²) >= 11 is 0. The summed E-state index contributed by atoms with van der Waals surface area (Å²) in [5.41, 5.74) is 1.86. The molecule has 2 N–H and O–H groups in total. The highest BCUT2D eigenvalue weighted by Gasteiger charge is 2.31. The first kappa shape index (κ1) is 22.0. The number of anilines is 2. The maximum absolute atomic E-state index is 13.1. The number of carbonyl (C=O) groups is 2. The van der Waals surface area contributed by atoms with E-state index in [0.29, 0.717) is 29.7 Å². The Bertz CT molecular complexity index is 1440. The van der Waals surface area contributed by atoms with Gasteiger partial charge in [-0.1, -0.05) is 6.07 Å². The number of likely N-dealkylation sites (N-methyl/N-ethyl adjacent to an activating group) is 1. The lowest BCUT2D eigenvalue weighted by Gasteiger charge is -2.32. The second-order valence-electron chi connectivity index (χ2n) is 8.55. The molecule has 0 spiro atoms. The van der Waals surface area contributed by atoms with E-state index in [1.165, 1.54) is 16.8 Å². The molecular weight excluding hydrogens is 447 g/mol. The zero-order chi connectivity index (χ0) is 24.2. The first-order chi connectivity index (χ1) is 16.1. The van der Waals surface area contributed by atoms with Gasteiger partial charge < -0.3 is 19.8 Å². The summed E-state index contributed by atoms with van der Waals surface area (Å²) in [6.07, 6.45) is -1.29. The van der Waals surface area contributed by atoms with Gasteiger partial charge in [0.15, 0.2) is 0 Å². The molecule has 1 aliphatic heterocycles. The Kier molecular flexibility index (Phi) is 5.12. The van der Waals surface area contributed by atoms with Crippen LogP contribution in [0.4, 0.5) is 24.5 Å². The van der Waals surface area contributed by atoms with Crippen LogP contribution in [0.15, 0.2) is 48.8 Å². The molecule has 5 rings (SSSR count). The number of carbonyl (C=O) groups excluding carboxylic acids is 2. The Morgan fingerprint density at radius 1 is 1.06 bits per heavy atom. The number of H-pyrrole nitrogens is 1. The molecule has 34 heavy (non-hydrogen) atoms. The maximum Gasteiger partial charge on any atom is 0.416 e. The molecule has 2 amide bonds. The van der Waals surface area contributed by atoms with Crippen LogP contribution >= 0.6 is 0 Å². The zero-order valence-corrected chi connectivity index (χ0v) is 18.5. The van der Waals surface area contributed by atoms with E-state index in [4.69, 9.17) is 0 Å². The van der Waals surface area contributed by atoms with Crippen molar-refractivity contribution in [1.82, 2.24) is 14.5 Å². The Labute approximate surface area is 192 Å². The van der Waals surface area contributed by atoms with Crippen molar-refractivity contribution in [3.63, 3.8) is 0 Å². The first-order valence-corrected chi connectivity index (χ1v) is 10.7. The topological polar surface area (TPSA) is 73.4 Å². The van der Waals surface area contributed by atoms with E-state index < -0.39 is 17.6 Å². The molecule has 1 saturated heterocycles. The minimum absolute atomic E-state index is 0.00297. The van der Waals surface area contributed by atoms with Gasteiger partial charge in [-0.15, -0.1) is 0 Å². The van der Waals surface area contributed by atoms with Gasteiger partial charge in [0.25, 0.3) is 5.91 Å². The number of aromatic amines is 1. The lowest BCUT2D eigenvalue weighted by molar-refractivity contribution is -0.137. The van der Waals surface area contributed by atoms with Gasteiger partial charge in [-0.25, -0.2) is 0 Å². The van der Waals surface area contributed by atoms with E-state index >= 15 is 0 Å². The molecule has 0 unspecified atom stereocenters. The number of aryl methyl sites for hydroxylation is 1. The number of nitrogens with one attached hydrogen (secondary N) is 2. The number of rotatable bonds is 3. The highest BCUT2D eigenvalue weighted by molar-refractivity contribution is 6.15. The third-order valence-corrected chi connectivity index (χ3v) is 6.20. The highest BCUT2D eigenvalue weighted by Crippen LogP contribution is 2.34. The van der Waals surface area contributed by atoms with Crippen LogP contribution in [0.5, 0.6) is 0 Å². The Balaban J connectivity index is 1.46. The van der Waals surface area contributed by atoms with Crippen molar-refractivity contribution in [3.05, 3.63) is 59.9 Å². The van der Waals surface area contributed by atoms with Crippen molar-refractivity contribution in [2.24, 2.45) is 7.05 Å². The second kappa shape index (κ2) is 7.91. The van der Waals surface area contributed by atoms with Crippen molar-refractivity contribution in [3.8, 4) is 0 Å². The van der Waals surface area contributed by atoms with Crippen molar-refractivity contribution in [2.45, 2.75) is 6.18 Å². The van der Waals surface area contributed by atoms with Crippen molar-refractivity contribution < 1.29 is 22.8 Å². The molecule has 0 aliphatic carbocycles. The van der Waals surface area contributed by atoms with Gasteiger partial charge in [-0.05, 0) is 37.4 Å². The average Bonchev–Trinajstić information content (AvgIpc) is 3.33. The van der Waals surface area contributed by atoms with E-state index in [-0.39, 0.29) is 11.5 Å². The summed E-state index contributed by atoms with van der Waals surface area (Å²) in [6.45, 7) is 1.67. The fraction of sp³-hybridized carbons (Fsp3) is 0.250. The lowest BCUT2D eigenvalue weighted by atomic mass is 10.1. The van der Waals surface area contributed by atoms with Crippen LogP contribution in [0.3, 0.4) is 0 Å². The van der Waals surface area contributed by atoms with Gasteiger partial charge in [-0.2, -0.15) is 13.2 Å². The molecule has 2 aromatic heterocycles. The highest BCUT2D eigenvalue weighted by atomic mass is 19.4. The first-order valence-electron chi connectivity index (χ1n) is 10.7. The van der Waals surface area contributed by atoms with Gasteiger partial charge in [0, 0.05) is 60.0 Å². The summed E-state index contributed by atoms with van der Waals surface area (Å²) < 4.78 is 40.8. The molecule has 1 aliphatic rings. The molecule has 0 atom stereocenters. The number of hydrogen-bond acceptors (Lipinski definition) is 3. The van der Waals surface area contributed by atoms with E-state index in [1.807, 2.05) is 30.1 Å². The molecule has 10 heteroatoms. The fourth-order valence-electron chi connectivity index (χ4n) is 4.37. The fourth-order valence-corrected chi connectivity index (χ4v) is 4.37. The molecule has 4 aromatic rings. The van der Waals surface area contributed by atoms with Crippen molar-refractivity contribution in [2.75, 3.05) is 36.9 Å². The van der Waals surface area contributed by atoms with Gasteiger partial charge >= 0.3 is 6.18 Å². The number of fused-ring (bicyclic) bond motifs is 2. The third-order valence-electron chi connectivity index (χ3n) is 6.20. The maximum atomic E-state index is 13.1. The lowest BCUT2D eigenvalue weighted by Crippen LogP contribution is -2.48. The van der Waals surface area contributed by atoms with Gasteiger partial charge in [-0.3, -0.25) is 14.5 Å². The zero-order valence-electron chi connectivity index (χ0n) is 18.5. The predicted octanol–water partition coefficient (Wildman–Crippen LogP) is 4.21. The number of nitrogens with zero attached hydrogens (tertiary/aromatic N) is 3. The third kappa shape index (κ3) is 3.79. The normalized spacial score (nSPS) is 15.4. The molecule has 2 aromatic carbocycles. The summed E-state index contributed by atoms with van der Waals surface area (Å²) in [6, 6.07) is 8.89. The van der Waals surface area contributed by atoms with E-state index in [0.717, 1.165) is 35.3 Å². The molecule has 0 saturated carbocycles. The Morgan fingerprint density at radius 3 is 2.59 bits per heavy atom. The van der Waals surface area contributed by atoms with Crippen LogP contribution in [0, 0.1) is 0 Å². The number of piperazine rings is 1. The van der Waals surface area contributed by atoms with Crippen LogP contribution in [0.2, 0.25) is 0 Å². The van der Waals surface area contributed by atoms with Gasteiger partial charge in [0.1, 0.15) is 0 Å². The van der Waals surface area contributed by atoms with E-state index in [9.17, 15) is 22.8 Å². The minimum Gasteiger partial charge on any atom is -0.359 e. The van der Waals surface area contributed by atoms with Crippen molar-refractivity contribution in [1.29, 1.82) is 0 Å². The molecule has 0 radical (unpaired) electrons. The molecule has 1 fully saturated rings. The van der Waals surface area contributed by atoms with Crippen LogP contribution in [0.1, 0.15) is 15.9 Å². The number of amides is 2. The summed E-state index contributed by atoms with van der Waals surface area (Å²) in [5, 5.41) is 4.02. The number of halogens is 3. The molecular formula is C24H22F3N5O2. The monoisotopic (exact) mass is 469 g/mol.